The van der Waals surface area contributed by atoms with Crippen LogP contribution in [0.15, 0.2) is 53.5 Å². The monoisotopic (exact) mass is 288 g/mol. The van der Waals surface area contributed by atoms with Crippen molar-refractivity contribution in [2.45, 2.75) is 6.42 Å². The van der Waals surface area contributed by atoms with Gasteiger partial charge in [0.2, 0.25) is 5.91 Å². The SMILES string of the molecule is C=CCN(CC=C)C(=O)Cc1csc(-c2ccco2)n1. The Hall–Kier alpha value is -2.14. The average molecular weight is 288 g/mol. The summed E-state index contributed by atoms with van der Waals surface area (Å²) < 4.78 is 5.29. The molecule has 2 aromatic rings. The van der Waals surface area contributed by atoms with Gasteiger partial charge in [-0.1, -0.05) is 12.2 Å². The third-order valence-corrected chi connectivity index (χ3v) is 3.57. The molecule has 2 aromatic heterocycles. The van der Waals surface area contributed by atoms with Crippen molar-refractivity contribution >= 4 is 17.2 Å². The van der Waals surface area contributed by atoms with Crippen molar-refractivity contribution in [3.63, 3.8) is 0 Å². The molecule has 2 heterocycles. The van der Waals surface area contributed by atoms with E-state index in [1.807, 2.05) is 17.5 Å². The maximum absolute atomic E-state index is 12.2. The summed E-state index contributed by atoms with van der Waals surface area (Å²) in [5.74, 6) is 0.740. The molecule has 1 amide bonds. The molecule has 0 N–H and O–H groups in total. The van der Waals surface area contributed by atoms with Crippen LogP contribution in [0.3, 0.4) is 0 Å². The van der Waals surface area contributed by atoms with Crippen molar-refractivity contribution in [1.29, 1.82) is 0 Å². The first kappa shape index (κ1) is 14.3. The molecular weight excluding hydrogens is 272 g/mol. The summed E-state index contributed by atoms with van der Waals surface area (Å²) in [4.78, 5) is 18.3. The van der Waals surface area contributed by atoms with Gasteiger partial charge in [0.15, 0.2) is 10.8 Å². The molecule has 0 atom stereocenters. The van der Waals surface area contributed by atoms with Gasteiger partial charge in [-0.2, -0.15) is 0 Å². The summed E-state index contributed by atoms with van der Waals surface area (Å²) in [5, 5.41) is 2.67. The molecule has 0 saturated carbocycles. The van der Waals surface area contributed by atoms with Crippen LogP contribution in [0.25, 0.3) is 10.8 Å². The molecule has 20 heavy (non-hydrogen) atoms. The maximum Gasteiger partial charge on any atom is 0.229 e. The second-order valence-electron chi connectivity index (χ2n) is 4.17. The highest BCUT2D eigenvalue weighted by atomic mass is 32.1. The second-order valence-corrected chi connectivity index (χ2v) is 5.03. The van der Waals surface area contributed by atoms with Gasteiger partial charge in [-0.25, -0.2) is 4.98 Å². The topological polar surface area (TPSA) is 46.3 Å². The molecule has 0 fully saturated rings. The molecule has 5 heteroatoms. The fraction of sp³-hybridized carbons (Fsp3) is 0.200. The van der Waals surface area contributed by atoms with Crippen molar-refractivity contribution in [3.8, 4) is 10.8 Å². The van der Waals surface area contributed by atoms with E-state index in [2.05, 4.69) is 18.1 Å². The molecule has 0 aromatic carbocycles. The van der Waals surface area contributed by atoms with Crippen LogP contribution in [0, 0.1) is 0 Å². The molecule has 0 aliphatic rings. The van der Waals surface area contributed by atoms with Crippen molar-refractivity contribution in [3.05, 3.63) is 54.8 Å². The zero-order valence-electron chi connectivity index (χ0n) is 11.1. The number of hydrogen-bond donors (Lipinski definition) is 0. The van der Waals surface area contributed by atoms with Crippen LogP contribution >= 0.6 is 11.3 Å². The quantitative estimate of drug-likeness (QED) is 0.735. The third-order valence-electron chi connectivity index (χ3n) is 2.67. The Morgan fingerprint density at radius 1 is 1.40 bits per heavy atom. The lowest BCUT2D eigenvalue weighted by molar-refractivity contribution is -0.129. The van der Waals surface area contributed by atoms with Crippen LogP contribution in [0.5, 0.6) is 0 Å². The second kappa shape index (κ2) is 6.86. The highest BCUT2D eigenvalue weighted by molar-refractivity contribution is 7.13. The highest BCUT2D eigenvalue weighted by Gasteiger charge is 2.14. The highest BCUT2D eigenvalue weighted by Crippen LogP contribution is 2.24. The van der Waals surface area contributed by atoms with Crippen molar-refractivity contribution in [1.82, 2.24) is 9.88 Å². The number of hydrogen-bond acceptors (Lipinski definition) is 4. The minimum atomic E-state index is 0.0149. The lowest BCUT2D eigenvalue weighted by atomic mass is 10.3. The van der Waals surface area contributed by atoms with Crippen LogP contribution < -0.4 is 0 Å². The smallest absolute Gasteiger partial charge is 0.229 e. The lowest BCUT2D eigenvalue weighted by Gasteiger charge is -2.18. The molecule has 4 nitrogen and oxygen atoms in total. The van der Waals surface area contributed by atoms with E-state index >= 15 is 0 Å². The molecular formula is C15H16N2O2S. The molecule has 0 bridgehead atoms. The van der Waals surface area contributed by atoms with E-state index in [-0.39, 0.29) is 12.3 Å². The molecule has 2 rings (SSSR count). The minimum Gasteiger partial charge on any atom is -0.462 e. The Balaban J connectivity index is 2.04. The van der Waals surface area contributed by atoms with Gasteiger partial charge in [0.1, 0.15) is 0 Å². The Kier molecular flexibility index (Phi) is 4.90. The fourth-order valence-electron chi connectivity index (χ4n) is 1.76. The standard InChI is InChI=1S/C15H16N2O2S/c1-3-7-17(8-4-2)14(18)10-12-11-20-15(16-12)13-6-5-9-19-13/h3-6,9,11H,1-2,7-8,10H2. The van der Waals surface area contributed by atoms with Gasteiger partial charge in [0.05, 0.1) is 18.4 Å². The van der Waals surface area contributed by atoms with Crippen LogP contribution in [0.4, 0.5) is 0 Å². The zero-order chi connectivity index (χ0) is 14.4. The van der Waals surface area contributed by atoms with E-state index < -0.39 is 0 Å². The first-order valence-electron chi connectivity index (χ1n) is 6.22. The summed E-state index contributed by atoms with van der Waals surface area (Å²) in [6.07, 6.45) is 5.30. The van der Waals surface area contributed by atoms with E-state index in [0.717, 1.165) is 16.5 Å². The number of amides is 1. The van der Waals surface area contributed by atoms with Crippen molar-refractivity contribution in [2.24, 2.45) is 0 Å². The van der Waals surface area contributed by atoms with Gasteiger partial charge in [-0.15, -0.1) is 24.5 Å². The van der Waals surface area contributed by atoms with Crippen molar-refractivity contribution < 1.29 is 9.21 Å². The zero-order valence-corrected chi connectivity index (χ0v) is 11.9. The minimum absolute atomic E-state index is 0.0149. The molecule has 0 aliphatic carbocycles. The Bertz CT molecular complexity index is 577. The van der Waals surface area contributed by atoms with E-state index in [1.54, 1.807) is 23.3 Å². The Morgan fingerprint density at radius 2 is 2.15 bits per heavy atom. The van der Waals surface area contributed by atoms with E-state index in [4.69, 9.17) is 4.42 Å². The van der Waals surface area contributed by atoms with E-state index in [0.29, 0.717) is 13.1 Å². The predicted molar refractivity (Wildman–Crippen MR) is 80.5 cm³/mol. The third kappa shape index (κ3) is 3.45. The van der Waals surface area contributed by atoms with Crippen molar-refractivity contribution in [2.75, 3.05) is 13.1 Å². The molecule has 0 saturated heterocycles. The molecule has 0 spiro atoms. The summed E-state index contributed by atoms with van der Waals surface area (Å²) in [6, 6.07) is 3.67. The number of nitrogens with zero attached hydrogens (tertiary/aromatic N) is 2. The number of furan rings is 1. The van der Waals surface area contributed by atoms with Gasteiger partial charge in [0.25, 0.3) is 0 Å². The summed E-state index contributed by atoms with van der Waals surface area (Å²) in [5.41, 5.74) is 0.754. The van der Waals surface area contributed by atoms with Gasteiger partial charge in [-0.3, -0.25) is 4.79 Å². The number of rotatable bonds is 7. The number of carbonyl (C=O) groups excluding carboxylic acids is 1. The van der Waals surface area contributed by atoms with Gasteiger partial charge in [-0.05, 0) is 12.1 Å². The van der Waals surface area contributed by atoms with Crippen LogP contribution in [0.2, 0.25) is 0 Å². The van der Waals surface area contributed by atoms with Gasteiger partial charge >= 0.3 is 0 Å². The number of thiazole rings is 1. The van der Waals surface area contributed by atoms with E-state index in [9.17, 15) is 4.79 Å². The first-order chi connectivity index (χ1) is 9.74. The van der Waals surface area contributed by atoms with E-state index in [1.165, 1.54) is 11.3 Å². The molecule has 104 valence electrons. The average Bonchev–Trinajstić information content (AvgIpc) is 3.08. The number of aromatic nitrogens is 1. The molecule has 0 unspecified atom stereocenters. The Labute approximate surface area is 122 Å². The van der Waals surface area contributed by atoms with Crippen LogP contribution in [-0.4, -0.2) is 28.9 Å². The van der Waals surface area contributed by atoms with Gasteiger partial charge < -0.3 is 9.32 Å². The maximum atomic E-state index is 12.2. The summed E-state index contributed by atoms with van der Waals surface area (Å²) in [6.45, 7) is 8.34. The Morgan fingerprint density at radius 3 is 2.75 bits per heavy atom. The van der Waals surface area contributed by atoms with Gasteiger partial charge in [0, 0.05) is 18.5 Å². The number of carbonyl (C=O) groups is 1. The first-order valence-corrected chi connectivity index (χ1v) is 7.10. The summed E-state index contributed by atoms with van der Waals surface area (Å²) in [7, 11) is 0. The van der Waals surface area contributed by atoms with Crippen LogP contribution in [0.1, 0.15) is 5.69 Å². The predicted octanol–water partition coefficient (Wildman–Crippen LogP) is 3.15. The normalized spacial score (nSPS) is 10.2. The lowest BCUT2D eigenvalue weighted by Crippen LogP contribution is -2.32. The molecule has 0 radical (unpaired) electrons. The summed E-state index contributed by atoms with van der Waals surface area (Å²) >= 11 is 1.47. The molecule has 0 aliphatic heterocycles. The fourth-order valence-corrected chi connectivity index (χ4v) is 2.54. The van der Waals surface area contributed by atoms with Crippen LogP contribution in [-0.2, 0) is 11.2 Å². The largest absolute Gasteiger partial charge is 0.462 e.